The van der Waals surface area contributed by atoms with Crippen molar-refractivity contribution in [1.82, 2.24) is 4.31 Å². The highest BCUT2D eigenvalue weighted by Crippen LogP contribution is 2.28. The average molecular weight is 326 g/mol. The Balaban J connectivity index is 2.81. The van der Waals surface area contributed by atoms with E-state index in [4.69, 9.17) is 16.3 Å². The second-order valence-corrected chi connectivity index (χ2v) is 8.13. The number of hydrogen-bond donors (Lipinski definition) is 0. The fourth-order valence-electron chi connectivity index (χ4n) is 1.55. The normalized spacial score (nSPS) is 12.6. The average Bonchev–Trinajstić information content (AvgIpc) is 2.70. The second kappa shape index (κ2) is 7.04. The fraction of sp³-hybridized carbons (Fsp3) is 0.667. The Morgan fingerprint density at radius 2 is 2.11 bits per heavy atom. The van der Waals surface area contributed by atoms with Gasteiger partial charge in [-0.2, -0.15) is 4.31 Å². The summed E-state index contributed by atoms with van der Waals surface area (Å²) >= 11 is 7.16. The van der Waals surface area contributed by atoms with Crippen molar-refractivity contribution in [3.8, 4) is 0 Å². The van der Waals surface area contributed by atoms with Gasteiger partial charge < -0.3 is 4.74 Å². The van der Waals surface area contributed by atoms with Gasteiger partial charge in [-0.05, 0) is 26.8 Å². The molecule has 0 aliphatic heterocycles. The minimum Gasteiger partial charge on any atom is -0.377 e. The van der Waals surface area contributed by atoms with Crippen LogP contribution in [-0.2, 0) is 20.6 Å². The van der Waals surface area contributed by atoms with E-state index in [1.54, 1.807) is 20.0 Å². The molecule has 4 nitrogen and oxygen atoms in total. The Morgan fingerprint density at radius 3 is 2.58 bits per heavy atom. The molecule has 0 radical (unpaired) electrons. The van der Waals surface area contributed by atoms with Gasteiger partial charge in [-0.25, -0.2) is 8.42 Å². The van der Waals surface area contributed by atoms with Gasteiger partial charge in [0.1, 0.15) is 0 Å². The predicted octanol–water partition coefficient (Wildman–Crippen LogP) is 2.84. The van der Waals surface area contributed by atoms with Crippen LogP contribution in [0.2, 0.25) is 0 Å². The largest absolute Gasteiger partial charge is 0.377 e. The zero-order valence-corrected chi connectivity index (χ0v) is 14.0. The Hall–Kier alpha value is -0.140. The fourth-order valence-corrected chi connectivity index (χ4v) is 4.40. The third kappa shape index (κ3) is 4.43. The van der Waals surface area contributed by atoms with E-state index >= 15 is 0 Å². The number of halogens is 1. The standard InChI is InChI=1S/C12H20ClNO3S2/c1-9(2)17-6-5-14(4)19(15,16)12-7-11(8-13)18-10(12)3/h7,9H,5-6,8H2,1-4H3. The van der Waals surface area contributed by atoms with Crippen molar-refractivity contribution in [2.45, 2.75) is 37.7 Å². The lowest BCUT2D eigenvalue weighted by Crippen LogP contribution is -2.31. The topological polar surface area (TPSA) is 46.6 Å². The molecule has 0 saturated heterocycles. The summed E-state index contributed by atoms with van der Waals surface area (Å²) in [4.78, 5) is 1.98. The summed E-state index contributed by atoms with van der Waals surface area (Å²) in [5, 5.41) is 0. The van der Waals surface area contributed by atoms with Gasteiger partial charge in [-0.15, -0.1) is 22.9 Å². The summed E-state index contributed by atoms with van der Waals surface area (Å²) in [7, 11) is -1.89. The molecule has 0 aliphatic rings. The molecule has 1 rings (SSSR count). The summed E-state index contributed by atoms with van der Waals surface area (Å²) in [6, 6.07) is 1.65. The first-order valence-corrected chi connectivity index (χ1v) is 8.81. The van der Waals surface area contributed by atoms with Crippen LogP contribution in [0, 0.1) is 6.92 Å². The van der Waals surface area contributed by atoms with E-state index in [-0.39, 0.29) is 6.10 Å². The smallest absolute Gasteiger partial charge is 0.244 e. The highest BCUT2D eigenvalue weighted by atomic mass is 35.5. The predicted molar refractivity (Wildman–Crippen MR) is 79.5 cm³/mol. The highest BCUT2D eigenvalue weighted by molar-refractivity contribution is 7.89. The van der Waals surface area contributed by atoms with Crippen LogP contribution in [0.15, 0.2) is 11.0 Å². The summed E-state index contributed by atoms with van der Waals surface area (Å²) in [5.74, 6) is 0.335. The summed E-state index contributed by atoms with van der Waals surface area (Å²) in [6.45, 7) is 6.37. The van der Waals surface area contributed by atoms with E-state index < -0.39 is 10.0 Å². The van der Waals surface area contributed by atoms with E-state index in [1.165, 1.54) is 15.6 Å². The van der Waals surface area contributed by atoms with Crippen LogP contribution in [0.25, 0.3) is 0 Å². The number of alkyl halides is 1. The monoisotopic (exact) mass is 325 g/mol. The van der Waals surface area contributed by atoms with Crippen molar-refractivity contribution < 1.29 is 13.2 Å². The molecule has 0 bridgehead atoms. The van der Waals surface area contributed by atoms with Crippen LogP contribution in [0.1, 0.15) is 23.6 Å². The molecule has 110 valence electrons. The van der Waals surface area contributed by atoms with E-state index in [1.807, 2.05) is 13.8 Å². The van der Waals surface area contributed by atoms with Gasteiger partial charge in [-0.3, -0.25) is 0 Å². The van der Waals surface area contributed by atoms with Gasteiger partial charge in [0.05, 0.1) is 23.5 Å². The lowest BCUT2D eigenvalue weighted by atomic mass is 10.4. The van der Waals surface area contributed by atoms with Crippen LogP contribution in [-0.4, -0.2) is 39.0 Å². The van der Waals surface area contributed by atoms with Crippen LogP contribution in [0.3, 0.4) is 0 Å². The van der Waals surface area contributed by atoms with Gasteiger partial charge in [0, 0.05) is 23.3 Å². The van der Waals surface area contributed by atoms with Gasteiger partial charge in [0.25, 0.3) is 0 Å². The molecule has 0 spiro atoms. The Bertz CT molecular complexity index is 511. The maximum Gasteiger partial charge on any atom is 0.244 e. The van der Waals surface area contributed by atoms with Gasteiger partial charge in [0.15, 0.2) is 0 Å². The SMILES string of the molecule is Cc1sc(CCl)cc1S(=O)(=O)N(C)CCOC(C)C. The van der Waals surface area contributed by atoms with Crippen molar-refractivity contribution in [2.24, 2.45) is 0 Å². The zero-order valence-electron chi connectivity index (χ0n) is 11.6. The van der Waals surface area contributed by atoms with Crippen LogP contribution in [0.5, 0.6) is 0 Å². The lowest BCUT2D eigenvalue weighted by Gasteiger charge is -2.17. The summed E-state index contributed by atoms with van der Waals surface area (Å²) in [5.41, 5.74) is 0. The number of nitrogens with zero attached hydrogens (tertiary/aromatic N) is 1. The number of hydrogen-bond acceptors (Lipinski definition) is 4. The number of thiophene rings is 1. The molecule has 0 N–H and O–H groups in total. The summed E-state index contributed by atoms with van der Waals surface area (Å²) < 4.78 is 31.5. The van der Waals surface area contributed by atoms with Crippen molar-refractivity contribution in [3.63, 3.8) is 0 Å². The lowest BCUT2D eigenvalue weighted by molar-refractivity contribution is 0.0737. The molecule has 0 aliphatic carbocycles. The molecule has 7 heteroatoms. The molecular weight excluding hydrogens is 306 g/mol. The number of ether oxygens (including phenoxy) is 1. The zero-order chi connectivity index (χ0) is 14.6. The highest BCUT2D eigenvalue weighted by Gasteiger charge is 2.24. The van der Waals surface area contributed by atoms with E-state index in [9.17, 15) is 8.42 Å². The Morgan fingerprint density at radius 1 is 1.47 bits per heavy atom. The number of sulfonamides is 1. The molecule has 0 fully saturated rings. The molecule has 0 unspecified atom stereocenters. The maximum atomic E-state index is 12.4. The van der Waals surface area contributed by atoms with E-state index in [0.29, 0.717) is 23.9 Å². The van der Waals surface area contributed by atoms with Crippen molar-refractivity contribution in [3.05, 3.63) is 15.8 Å². The third-order valence-corrected chi connectivity index (χ3v) is 6.21. The van der Waals surface area contributed by atoms with Crippen molar-refractivity contribution in [2.75, 3.05) is 20.2 Å². The molecule has 1 heterocycles. The minimum absolute atomic E-state index is 0.0989. The Kier molecular flexibility index (Phi) is 6.26. The number of rotatable bonds is 7. The quantitative estimate of drug-likeness (QED) is 0.724. The number of aryl methyl sites for hydroxylation is 1. The van der Waals surface area contributed by atoms with Crippen LogP contribution in [0.4, 0.5) is 0 Å². The third-order valence-electron chi connectivity index (χ3n) is 2.60. The molecule has 0 amide bonds. The van der Waals surface area contributed by atoms with Crippen molar-refractivity contribution >= 4 is 33.0 Å². The summed E-state index contributed by atoms with van der Waals surface area (Å²) in [6.07, 6.45) is 0.0989. The van der Waals surface area contributed by atoms with Crippen LogP contribution < -0.4 is 0 Å². The Labute approximate surface area is 124 Å². The van der Waals surface area contributed by atoms with Crippen molar-refractivity contribution in [1.29, 1.82) is 0 Å². The first-order valence-electron chi connectivity index (χ1n) is 6.02. The molecule has 1 aromatic heterocycles. The van der Waals surface area contributed by atoms with Gasteiger partial charge in [0.2, 0.25) is 10.0 Å². The number of likely N-dealkylation sites (N-methyl/N-ethyl adjacent to an activating group) is 1. The van der Waals surface area contributed by atoms with Gasteiger partial charge >= 0.3 is 0 Å². The first-order chi connectivity index (χ1) is 8.78. The van der Waals surface area contributed by atoms with Gasteiger partial charge in [-0.1, -0.05) is 0 Å². The molecule has 0 atom stereocenters. The molecule has 0 aromatic carbocycles. The second-order valence-electron chi connectivity index (χ2n) is 4.51. The maximum absolute atomic E-state index is 12.4. The molecule has 0 saturated carbocycles. The minimum atomic E-state index is -3.45. The van der Waals surface area contributed by atoms with Crippen LogP contribution >= 0.6 is 22.9 Å². The van der Waals surface area contributed by atoms with E-state index in [2.05, 4.69) is 0 Å². The first kappa shape index (κ1) is 16.9. The molecule has 1 aromatic rings. The molecule has 19 heavy (non-hydrogen) atoms. The van der Waals surface area contributed by atoms with E-state index in [0.717, 1.165) is 9.75 Å². The molecular formula is C12H20ClNO3S2.